The van der Waals surface area contributed by atoms with Crippen LogP contribution in [0, 0.1) is 0 Å². The van der Waals surface area contributed by atoms with E-state index >= 15 is 0 Å². The van der Waals surface area contributed by atoms with Crippen LogP contribution in [0.25, 0.3) is 11.2 Å². The Kier molecular flexibility index (Phi) is 2.09. The van der Waals surface area contributed by atoms with Crippen molar-refractivity contribution in [3.05, 3.63) is 11.6 Å². The lowest BCUT2D eigenvalue weighted by Gasteiger charge is -2.04. The van der Waals surface area contributed by atoms with Gasteiger partial charge in [0, 0.05) is 6.54 Å². The monoisotopic (exact) mass is 230 g/mol. The van der Waals surface area contributed by atoms with E-state index in [0.717, 1.165) is 0 Å². The molecule has 2 aromatic rings. The van der Waals surface area contributed by atoms with E-state index < -0.39 is 6.56 Å². The van der Waals surface area contributed by atoms with E-state index in [0.29, 0.717) is 5.52 Å². The van der Waals surface area contributed by atoms with E-state index in [1.807, 2.05) is 0 Å². The number of nitrogens with zero attached hydrogens (tertiary/aromatic N) is 4. The molecule has 2 heterocycles. The number of aryl methyl sites for hydroxylation is 1. The zero-order valence-corrected chi connectivity index (χ0v) is 8.56. The van der Waals surface area contributed by atoms with Gasteiger partial charge in [-0.15, -0.1) is 0 Å². The molecule has 6 nitrogen and oxygen atoms in total. The van der Waals surface area contributed by atoms with Gasteiger partial charge in [0.15, 0.2) is 11.2 Å². The van der Waals surface area contributed by atoms with E-state index in [1.54, 1.807) is 0 Å². The summed E-state index contributed by atoms with van der Waals surface area (Å²) in [7, 11) is 1.41. The van der Waals surface area contributed by atoms with Crippen molar-refractivity contribution in [3.8, 4) is 5.88 Å². The number of ether oxygens (including phenoxy) is 1. The maximum absolute atomic E-state index is 9.14. The van der Waals surface area contributed by atoms with Crippen LogP contribution in [0.2, 0.25) is 5.28 Å². The predicted octanol–water partition coefficient (Wildman–Crippen LogP) is 0.481. The van der Waals surface area contributed by atoms with Crippen LogP contribution in [0.1, 0.15) is 2.74 Å². The molecule has 0 saturated heterocycles. The van der Waals surface area contributed by atoms with Gasteiger partial charge in [0.1, 0.15) is 0 Å². The molecular weight excluding hydrogens is 220 g/mol. The molecule has 0 aromatic carbocycles. The second kappa shape index (κ2) is 4.00. The highest BCUT2D eigenvalue weighted by molar-refractivity contribution is 6.28. The third-order valence-electron chi connectivity index (χ3n) is 1.85. The Morgan fingerprint density at radius 3 is 3.13 bits per heavy atom. The van der Waals surface area contributed by atoms with E-state index in [9.17, 15) is 0 Å². The molecule has 0 saturated carbocycles. The van der Waals surface area contributed by atoms with Gasteiger partial charge in [-0.25, -0.2) is 4.98 Å². The topological polar surface area (TPSA) is 73.1 Å². The second-order valence-electron chi connectivity index (χ2n) is 2.70. The molecule has 7 heteroatoms. The Labute approximate surface area is 93.3 Å². The van der Waals surface area contributed by atoms with Crippen LogP contribution in [0.4, 0.5) is 0 Å². The average molecular weight is 231 g/mol. The zero-order valence-electron chi connectivity index (χ0n) is 9.81. The quantitative estimate of drug-likeness (QED) is 0.777. The number of imidazole rings is 1. The van der Waals surface area contributed by atoms with Gasteiger partial charge in [-0.05, 0) is 11.6 Å². The number of hydrogen-bond donors (Lipinski definition) is 1. The number of hydrogen-bond acceptors (Lipinski definition) is 5. The number of aliphatic hydroxyl groups is 1. The van der Waals surface area contributed by atoms with Crippen molar-refractivity contribution >= 4 is 22.8 Å². The summed E-state index contributed by atoms with van der Waals surface area (Å²) in [6.07, 6.45) is 1.34. The molecule has 15 heavy (non-hydrogen) atoms. The van der Waals surface area contributed by atoms with Crippen LogP contribution in [-0.2, 0) is 6.54 Å². The van der Waals surface area contributed by atoms with E-state index in [4.69, 9.17) is 24.2 Å². The molecule has 2 rings (SSSR count). The summed E-state index contributed by atoms with van der Waals surface area (Å²) in [5.74, 6) is 0.182. The van der Waals surface area contributed by atoms with Gasteiger partial charge < -0.3 is 14.4 Å². The fraction of sp³-hybridized carbons (Fsp3) is 0.375. The predicted molar refractivity (Wildman–Crippen MR) is 54.0 cm³/mol. The van der Waals surface area contributed by atoms with Gasteiger partial charge >= 0.3 is 0 Å². The van der Waals surface area contributed by atoms with Gasteiger partial charge in [-0.1, -0.05) is 0 Å². The highest BCUT2D eigenvalue weighted by atomic mass is 35.5. The first-order valence-electron chi connectivity index (χ1n) is 5.05. The number of aromatic nitrogens is 4. The fourth-order valence-corrected chi connectivity index (χ4v) is 1.42. The highest BCUT2D eigenvalue weighted by Crippen LogP contribution is 2.22. The van der Waals surface area contributed by atoms with Gasteiger partial charge in [0.2, 0.25) is 11.2 Å². The minimum atomic E-state index is -2.36. The molecule has 0 atom stereocenters. The summed E-state index contributed by atoms with van der Waals surface area (Å²) in [4.78, 5) is 11.7. The first kappa shape index (κ1) is 7.84. The maximum Gasteiger partial charge on any atom is 0.244 e. The lowest BCUT2D eigenvalue weighted by atomic mass is 10.5. The van der Waals surface area contributed by atoms with Crippen molar-refractivity contribution in [2.45, 2.75) is 6.54 Å². The molecule has 0 aliphatic carbocycles. The van der Waals surface area contributed by atoms with Crippen molar-refractivity contribution in [1.82, 2.24) is 19.5 Å². The Bertz CT molecular complexity index is 554. The molecule has 0 bridgehead atoms. The number of fused-ring (bicyclic) bond motifs is 1. The van der Waals surface area contributed by atoms with Crippen LogP contribution in [0.15, 0.2) is 6.33 Å². The Morgan fingerprint density at radius 2 is 2.47 bits per heavy atom. The molecule has 0 spiro atoms. The third-order valence-corrected chi connectivity index (χ3v) is 2.02. The summed E-state index contributed by atoms with van der Waals surface area (Å²) < 4.78 is 20.6. The number of halogens is 1. The van der Waals surface area contributed by atoms with Crippen LogP contribution >= 0.6 is 11.6 Å². The van der Waals surface area contributed by atoms with Gasteiger partial charge in [-0.2, -0.15) is 9.97 Å². The first-order chi connectivity index (χ1) is 7.90. The summed E-state index contributed by atoms with van der Waals surface area (Å²) in [5, 5.41) is 9.14. The standard InChI is InChI=1S/C8H9ClN4O2/c1-15-7-5-6(11-8(9)12-7)10-4-13(5)2-3-14/h4,14H,2-3H2,1H3/i3D2. The average Bonchev–Trinajstić information content (AvgIpc) is 2.57. The van der Waals surface area contributed by atoms with Crippen LogP contribution < -0.4 is 4.74 Å². The van der Waals surface area contributed by atoms with Gasteiger partial charge in [-0.3, -0.25) is 0 Å². The molecule has 0 aliphatic rings. The molecule has 0 fully saturated rings. The van der Waals surface area contributed by atoms with Gasteiger partial charge in [0.25, 0.3) is 0 Å². The number of methoxy groups -OCH3 is 1. The summed E-state index contributed by atoms with van der Waals surface area (Å²) >= 11 is 5.67. The largest absolute Gasteiger partial charge is 0.479 e. The minimum Gasteiger partial charge on any atom is -0.479 e. The third kappa shape index (κ3) is 1.73. The Morgan fingerprint density at radius 1 is 1.67 bits per heavy atom. The van der Waals surface area contributed by atoms with Crippen LogP contribution in [0.5, 0.6) is 5.88 Å². The second-order valence-corrected chi connectivity index (χ2v) is 3.04. The molecule has 0 aliphatic heterocycles. The fourth-order valence-electron chi connectivity index (χ4n) is 1.26. The molecule has 1 N–H and O–H groups in total. The van der Waals surface area contributed by atoms with Crippen molar-refractivity contribution in [3.63, 3.8) is 0 Å². The minimum absolute atomic E-state index is 0.00777. The van der Waals surface area contributed by atoms with E-state index in [2.05, 4.69) is 15.0 Å². The molecular formula is C8H9ClN4O2. The highest BCUT2D eigenvalue weighted by Gasteiger charge is 2.12. The lowest BCUT2D eigenvalue weighted by molar-refractivity contribution is 0.277. The summed E-state index contributed by atoms with van der Waals surface area (Å²) in [5.41, 5.74) is 0.668. The van der Waals surface area contributed by atoms with E-state index in [-0.39, 0.29) is 23.4 Å². The van der Waals surface area contributed by atoms with Crippen molar-refractivity contribution < 1.29 is 12.6 Å². The zero-order chi connectivity index (χ0) is 12.6. The summed E-state index contributed by atoms with van der Waals surface area (Å²) in [6, 6.07) is 0. The first-order valence-corrected chi connectivity index (χ1v) is 4.43. The Balaban J connectivity index is 2.58. The van der Waals surface area contributed by atoms with Crippen LogP contribution in [-0.4, -0.2) is 38.3 Å². The molecule has 0 radical (unpaired) electrons. The van der Waals surface area contributed by atoms with E-state index in [1.165, 1.54) is 18.0 Å². The molecule has 80 valence electrons. The molecule has 0 unspecified atom stereocenters. The Hall–Kier alpha value is -1.40. The summed E-state index contributed by atoms with van der Waals surface area (Å²) in [6.45, 7) is -2.66. The molecule has 2 aromatic heterocycles. The van der Waals surface area contributed by atoms with Crippen LogP contribution in [0.3, 0.4) is 0 Å². The smallest absolute Gasteiger partial charge is 0.244 e. The number of rotatable bonds is 3. The maximum atomic E-state index is 9.14. The van der Waals surface area contributed by atoms with Crippen molar-refractivity contribution in [2.75, 3.05) is 13.7 Å². The molecule has 0 amide bonds. The SMILES string of the molecule is [2H]C([2H])(O)Cn1cnc2nc(Cl)nc(OC)c21. The van der Waals surface area contributed by atoms with Crippen molar-refractivity contribution in [2.24, 2.45) is 0 Å². The normalized spacial score (nSPS) is 13.8. The van der Waals surface area contributed by atoms with Crippen molar-refractivity contribution in [1.29, 1.82) is 0 Å². The van der Waals surface area contributed by atoms with Gasteiger partial charge in [0.05, 0.1) is 22.7 Å². The lowest BCUT2D eigenvalue weighted by Crippen LogP contribution is -2.02.